The lowest BCUT2D eigenvalue weighted by atomic mass is 10.1. The summed E-state index contributed by atoms with van der Waals surface area (Å²) in [4.78, 5) is 70.1. The summed E-state index contributed by atoms with van der Waals surface area (Å²) < 4.78 is 10.9. The van der Waals surface area contributed by atoms with Crippen LogP contribution in [0.15, 0.2) is 54.7 Å². The molecule has 2 aliphatic rings. The van der Waals surface area contributed by atoms with Crippen molar-refractivity contribution >= 4 is 46.1 Å². The lowest BCUT2D eigenvalue weighted by Gasteiger charge is -2.39. The molecule has 0 saturated carbocycles. The van der Waals surface area contributed by atoms with Crippen LogP contribution in [0.4, 0.5) is 5.69 Å². The lowest BCUT2D eigenvalue weighted by Crippen LogP contribution is -2.56. The zero-order chi connectivity index (χ0) is 29.5. The molecule has 3 N–H and O–H groups in total. The van der Waals surface area contributed by atoms with Crippen LogP contribution in [0.3, 0.4) is 0 Å². The number of nitrogens with one attached hydrogen (secondary N) is 2. The summed E-state index contributed by atoms with van der Waals surface area (Å²) in [6.45, 7) is 5.61. The van der Waals surface area contributed by atoms with Crippen LogP contribution >= 0.6 is 0 Å². The molecule has 41 heavy (non-hydrogen) atoms. The van der Waals surface area contributed by atoms with Gasteiger partial charge in [-0.3, -0.25) is 19.2 Å². The maximum Gasteiger partial charge on any atom is 0.336 e. The average Bonchev–Trinajstić information content (AvgIpc) is 3.53. The molecule has 5 rings (SSSR count). The van der Waals surface area contributed by atoms with Crippen molar-refractivity contribution in [1.29, 1.82) is 0 Å². The molecule has 214 valence electrons. The van der Waals surface area contributed by atoms with Gasteiger partial charge in [0.05, 0.1) is 16.8 Å². The monoisotopic (exact) mass is 562 g/mol. The van der Waals surface area contributed by atoms with Crippen molar-refractivity contribution in [3.05, 3.63) is 65.9 Å². The summed E-state index contributed by atoms with van der Waals surface area (Å²) in [5.41, 5.74) is 1.35. The quantitative estimate of drug-likeness (QED) is 0.305. The Hall–Kier alpha value is -4.55. The van der Waals surface area contributed by atoms with Gasteiger partial charge in [0.1, 0.15) is 0 Å². The molecule has 0 bridgehead atoms. The minimum Gasteiger partial charge on any atom is -0.479 e. The van der Waals surface area contributed by atoms with E-state index in [0.717, 1.165) is 0 Å². The Morgan fingerprint density at radius 2 is 1.68 bits per heavy atom. The van der Waals surface area contributed by atoms with Crippen LogP contribution in [0.25, 0.3) is 10.9 Å². The van der Waals surface area contributed by atoms with Crippen LogP contribution in [-0.4, -0.2) is 93.0 Å². The summed E-state index contributed by atoms with van der Waals surface area (Å²) in [6, 6.07) is 13.3. The summed E-state index contributed by atoms with van der Waals surface area (Å²) in [5.74, 6) is -4.88. The number of ether oxygens (including phenoxy) is 2. The number of hydrogen-bond donors (Lipinski definition) is 3. The molecule has 3 atom stereocenters. The number of anilines is 1. The smallest absolute Gasteiger partial charge is 0.336 e. The largest absolute Gasteiger partial charge is 0.479 e. The second-order valence-electron chi connectivity index (χ2n) is 10.5. The molecular formula is C29H30N4O8. The number of benzene rings is 2. The Bertz CT molecular complexity index is 1530. The molecule has 0 radical (unpaired) electrons. The van der Waals surface area contributed by atoms with E-state index in [4.69, 9.17) is 9.47 Å². The Morgan fingerprint density at radius 1 is 0.976 bits per heavy atom. The molecule has 12 nitrogen and oxygen atoms in total. The Kier molecular flexibility index (Phi) is 7.37. The highest BCUT2D eigenvalue weighted by Gasteiger charge is 2.49. The molecule has 0 aliphatic carbocycles. The van der Waals surface area contributed by atoms with Crippen LogP contribution in [0, 0.1) is 0 Å². The number of carboxylic acid groups (broad SMARTS) is 1. The van der Waals surface area contributed by atoms with Crippen LogP contribution in [-0.2, 0) is 23.9 Å². The van der Waals surface area contributed by atoms with E-state index in [1.54, 1.807) is 54.3 Å². The Labute approximate surface area is 235 Å². The predicted molar refractivity (Wildman–Crippen MR) is 146 cm³/mol. The topological polar surface area (TPSA) is 158 Å². The minimum absolute atomic E-state index is 0.126. The van der Waals surface area contributed by atoms with Gasteiger partial charge in [-0.15, -0.1) is 0 Å². The number of H-pyrrole nitrogens is 1. The van der Waals surface area contributed by atoms with E-state index >= 15 is 0 Å². The van der Waals surface area contributed by atoms with E-state index < -0.39 is 41.6 Å². The van der Waals surface area contributed by atoms with Gasteiger partial charge >= 0.3 is 5.97 Å². The fourth-order valence-electron chi connectivity index (χ4n) is 5.24. The minimum atomic E-state index is -1.49. The maximum absolute atomic E-state index is 13.4. The number of carboxylic acids is 1. The van der Waals surface area contributed by atoms with Crippen LogP contribution in [0.1, 0.15) is 41.5 Å². The van der Waals surface area contributed by atoms with Gasteiger partial charge in [0.15, 0.2) is 18.0 Å². The third kappa shape index (κ3) is 5.43. The second-order valence-corrected chi connectivity index (χ2v) is 10.5. The SMILES string of the molecule is C[C@@H]1CN(C(=O)c2ccccc2)CCN1C(=O)C(=O)c1c[nH]c2c(NC(=O)[C@H]3OC(C)(C)O[C@@H]3C(=O)O)cccc12. The first kappa shape index (κ1) is 28.0. The first-order chi connectivity index (χ1) is 19.5. The fourth-order valence-corrected chi connectivity index (χ4v) is 5.24. The molecule has 2 fully saturated rings. The number of aromatic nitrogens is 1. The second kappa shape index (κ2) is 10.8. The van der Waals surface area contributed by atoms with Crippen molar-refractivity contribution < 1.29 is 38.6 Å². The van der Waals surface area contributed by atoms with Crippen molar-refractivity contribution in [2.45, 2.75) is 44.8 Å². The van der Waals surface area contributed by atoms with Gasteiger partial charge in [-0.05, 0) is 39.0 Å². The van der Waals surface area contributed by atoms with Crippen LogP contribution < -0.4 is 5.32 Å². The number of hydrogen-bond acceptors (Lipinski definition) is 7. The molecule has 3 heterocycles. The van der Waals surface area contributed by atoms with Crippen molar-refractivity contribution in [1.82, 2.24) is 14.8 Å². The summed E-state index contributed by atoms with van der Waals surface area (Å²) in [7, 11) is 0. The summed E-state index contributed by atoms with van der Waals surface area (Å²) in [5, 5.41) is 12.5. The molecule has 0 unspecified atom stereocenters. The number of nitrogens with zero attached hydrogens (tertiary/aromatic N) is 2. The molecule has 0 spiro atoms. The summed E-state index contributed by atoms with van der Waals surface area (Å²) >= 11 is 0. The molecule has 3 amide bonds. The molecule has 2 aliphatic heterocycles. The number of fused-ring (bicyclic) bond motifs is 1. The number of rotatable bonds is 6. The highest BCUT2D eigenvalue weighted by atomic mass is 16.8. The molecule has 1 aromatic heterocycles. The number of Topliss-reactive ketones (excluding diaryl/α,β-unsaturated/α-hetero) is 1. The molecule has 3 aromatic rings. The van der Waals surface area contributed by atoms with E-state index in [-0.39, 0.29) is 36.3 Å². The predicted octanol–water partition coefficient (Wildman–Crippen LogP) is 2.27. The molecule has 2 saturated heterocycles. The maximum atomic E-state index is 13.4. The standard InChI is InChI=1S/C29H30N4O8/c1-16-15-32(26(36)17-8-5-4-6-9-17)12-13-33(16)27(37)22(34)19-14-30-21-18(19)10-7-11-20(21)31-25(35)23-24(28(38)39)41-29(2,3)40-23/h4-11,14,16,23-24,30H,12-13,15H2,1-3H3,(H,31,35)(H,38,39)/t16-,23+,24+/m1/s1. The highest BCUT2D eigenvalue weighted by Crippen LogP contribution is 2.31. The zero-order valence-electron chi connectivity index (χ0n) is 22.7. The van der Waals surface area contributed by atoms with Gasteiger partial charge in [-0.1, -0.05) is 30.3 Å². The van der Waals surface area contributed by atoms with Gasteiger partial charge in [0.2, 0.25) is 0 Å². The van der Waals surface area contributed by atoms with Crippen molar-refractivity contribution in [3.8, 4) is 0 Å². The first-order valence-corrected chi connectivity index (χ1v) is 13.2. The number of ketones is 1. The number of aliphatic carboxylic acids is 1. The van der Waals surface area contributed by atoms with E-state index in [1.807, 2.05) is 6.07 Å². The van der Waals surface area contributed by atoms with Gasteiger partial charge < -0.3 is 34.7 Å². The van der Waals surface area contributed by atoms with Crippen molar-refractivity contribution in [2.24, 2.45) is 0 Å². The van der Waals surface area contributed by atoms with Crippen molar-refractivity contribution in [3.63, 3.8) is 0 Å². The van der Waals surface area contributed by atoms with E-state index in [0.29, 0.717) is 23.0 Å². The number of aromatic amines is 1. The molecule has 2 aromatic carbocycles. The Balaban J connectivity index is 1.30. The number of para-hydroxylation sites is 1. The third-order valence-electron chi connectivity index (χ3n) is 7.21. The first-order valence-electron chi connectivity index (χ1n) is 13.2. The molecule has 12 heteroatoms. The Morgan fingerprint density at radius 3 is 2.37 bits per heavy atom. The van der Waals surface area contributed by atoms with Gasteiger partial charge in [-0.2, -0.15) is 0 Å². The fraction of sp³-hybridized carbons (Fsp3) is 0.345. The van der Waals surface area contributed by atoms with E-state index in [9.17, 15) is 29.1 Å². The van der Waals surface area contributed by atoms with E-state index in [2.05, 4.69) is 10.3 Å². The normalized spacial score (nSPS) is 22.0. The number of piperazine rings is 1. The zero-order valence-corrected chi connectivity index (χ0v) is 22.7. The van der Waals surface area contributed by atoms with Crippen LogP contribution in [0.2, 0.25) is 0 Å². The number of carbonyl (C=O) groups excluding carboxylic acids is 4. The molecular weight excluding hydrogens is 532 g/mol. The van der Waals surface area contributed by atoms with Gasteiger partial charge in [-0.25, -0.2) is 4.79 Å². The lowest BCUT2D eigenvalue weighted by molar-refractivity contribution is -0.166. The van der Waals surface area contributed by atoms with Crippen molar-refractivity contribution in [2.75, 3.05) is 25.0 Å². The third-order valence-corrected chi connectivity index (χ3v) is 7.21. The number of carbonyl (C=O) groups is 5. The van der Waals surface area contributed by atoms with Gasteiger partial charge in [0.25, 0.3) is 23.5 Å². The summed E-state index contributed by atoms with van der Waals surface area (Å²) in [6.07, 6.45) is -1.49. The van der Waals surface area contributed by atoms with Crippen LogP contribution in [0.5, 0.6) is 0 Å². The average molecular weight is 563 g/mol. The van der Waals surface area contributed by atoms with Gasteiger partial charge in [0, 0.05) is 42.8 Å². The number of amides is 3. The van der Waals surface area contributed by atoms with E-state index in [1.165, 1.54) is 24.9 Å². The highest BCUT2D eigenvalue weighted by molar-refractivity contribution is 6.45.